The van der Waals surface area contributed by atoms with Gasteiger partial charge in [-0.1, -0.05) is 11.3 Å². The van der Waals surface area contributed by atoms with Gasteiger partial charge >= 0.3 is 0 Å². The van der Waals surface area contributed by atoms with E-state index in [4.69, 9.17) is 10.7 Å². The second-order valence-corrected chi connectivity index (χ2v) is 8.50. The van der Waals surface area contributed by atoms with Gasteiger partial charge in [0.1, 0.15) is 4.83 Å². The highest BCUT2D eigenvalue weighted by Crippen LogP contribution is 2.35. The first-order chi connectivity index (χ1) is 11.5. The number of rotatable bonds is 5. The van der Waals surface area contributed by atoms with Crippen molar-refractivity contribution in [3.63, 3.8) is 0 Å². The van der Waals surface area contributed by atoms with Gasteiger partial charge in [0.25, 0.3) is 5.91 Å². The van der Waals surface area contributed by atoms with Crippen molar-refractivity contribution in [2.75, 3.05) is 31.1 Å². The SMILES string of the molecule is CCN(CC)c1nc2sc(C(=O)N3CCCC(C(C)N)C3)cc2s1. The molecular weight excluding hydrogens is 340 g/mol. The van der Waals surface area contributed by atoms with E-state index in [-0.39, 0.29) is 11.9 Å². The number of hydrogen-bond donors (Lipinski definition) is 1. The summed E-state index contributed by atoms with van der Waals surface area (Å²) in [6.45, 7) is 9.84. The molecule has 3 rings (SSSR count). The third-order valence-corrected chi connectivity index (χ3v) is 7.02. The van der Waals surface area contributed by atoms with Crippen molar-refractivity contribution in [2.24, 2.45) is 11.7 Å². The Morgan fingerprint density at radius 3 is 2.83 bits per heavy atom. The Morgan fingerprint density at radius 1 is 1.46 bits per heavy atom. The van der Waals surface area contributed by atoms with Crippen LogP contribution in [0.2, 0.25) is 0 Å². The lowest BCUT2D eigenvalue weighted by molar-refractivity contribution is 0.0666. The molecule has 5 nitrogen and oxygen atoms in total. The molecule has 132 valence electrons. The van der Waals surface area contributed by atoms with Gasteiger partial charge < -0.3 is 15.5 Å². The number of amides is 1. The van der Waals surface area contributed by atoms with Crippen molar-refractivity contribution in [3.05, 3.63) is 10.9 Å². The molecule has 2 atom stereocenters. The van der Waals surface area contributed by atoms with Gasteiger partial charge in [-0.25, -0.2) is 4.98 Å². The number of fused-ring (bicyclic) bond motifs is 1. The second kappa shape index (κ2) is 7.37. The Kier molecular flexibility index (Phi) is 5.42. The lowest BCUT2D eigenvalue weighted by Gasteiger charge is -2.34. The maximum absolute atomic E-state index is 12.8. The summed E-state index contributed by atoms with van der Waals surface area (Å²) in [5, 5.41) is 1.05. The number of carbonyl (C=O) groups is 1. The summed E-state index contributed by atoms with van der Waals surface area (Å²) in [4.78, 5) is 23.5. The topological polar surface area (TPSA) is 62.5 Å². The molecule has 0 aromatic carbocycles. The summed E-state index contributed by atoms with van der Waals surface area (Å²) in [7, 11) is 0. The van der Waals surface area contributed by atoms with Gasteiger partial charge in [-0.05, 0) is 45.6 Å². The summed E-state index contributed by atoms with van der Waals surface area (Å²) >= 11 is 3.20. The van der Waals surface area contributed by atoms with Gasteiger partial charge in [-0.3, -0.25) is 4.79 Å². The van der Waals surface area contributed by atoms with E-state index in [9.17, 15) is 4.79 Å². The molecule has 3 heterocycles. The van der Waals surface area contributed by atoms with E-state index < -0.39 is 0 Å². The molecule has 0 aliphatic carbocycles. The van der Waals surface area contributed by atoms with Crippen LogP contribution in [0.15, 0.2) is 6.07 Å². The predicted molar refractivity (Wildman–Crippen MR) is 103 cm³/mol. The zero-order valence-electron chi connectivity index (χ0n) is 14.6. The fraction of sp³-hybridized carbons (Fsp3) is 0.647. The molecule has 0 saturated carbocycles. The highest BCUT2D eigenvalue weighted by atomic mass is 32.1. The van der Waals surface area contributed by atoms with Crippen molar-refractivity contribution >= 4 is 43.2 Å². The molecule has 2 N–H and O–H groups in total. The Morgan fingerprint density at radius 2 is 2.21 bits per heavy atom. The number of nitrogens with two attached hydrogens (primary N) is 1. The van der Waals surface area contributed by atoms with E-state index >= 15 is 0 Å². The Hall–Kier alpha value is -1.18. The number of anilines is 1. The number of thiophene rings is 1. The standard InChI is InChI=1S/C17H26N4OS2/c1-4-20(5-2)17-19-15-13(24-17)9-14(23-15)16(22)21-8-6-7-12(10-21)11(3)18/h9,11-12H,4-8,10,18H2,1-3H3. The largest absolute Gasteiger partial charge is 0.349 e. The molecule has 24 heavy (non-hydrogen) atoms. The van der Waals surface area contributed by atoms with Crippen LogP contribution in [0.3, 0.4) is 0 Å². The van der Waals surface area contributed by atoms with Crippen molar-refractivity contribution in [1.29, 1.82) is 0 Å². The average Bonchev–Trinajstić information content (AvgIpc) is 3.14. The minimum atomic E-state index is 0.139. The van der Waals surface area contributed by atoms with Crippen LogP contribution in [0.1, 0.15) is 43.3 Å². The Balaban J connectivity index is 1.77. The third kappa shape index (κ3) is 3.43. The minimum absolute atomic E-state index is 0.139. The maximum atomic E-state index is 12.8. The molecule has 0 spiro atoms. The van der Waals surface area contributed by atoms with Crippen LogP contribution in [0.5, 0.6) is 0 Å². The summed E-state index contributed by atoms with van der Waals surface area (Å²) in [6.07, 6.45) is 2.16. The quantitative estimate of drug-likeness (QED) is 0.881. The van der Waals surface area contributed by atoms with Crippen LogP contribution < -0.4 is 10.6 Å². The number of aromatic nitrogens is 1. The van der Waals surface area contributed by atoms with Gasteiger partial charge in [0.05, 0.1) is 9.58 Å². The number of piperidine rings is 1. The van der Waals surface area contributed by atoms with Crippen molar-refractivity contribution in [2.45, 2.75) is 39.7 Å². The van der Waals surface area contributed by atoms with Gasteiger partial charge in [0, 0.05) is 32.2 Å². The van der Waals surface area contributed by atoms with E-state index in [1.54, 1.807) is 11.3 Å². The monoisotopic (exact) mass is 366 g/mol. The van der Waals surface area contributed by atoms with Gasteiger partial charge in [0.2, 0.25) is 0 Å². The Bertz CT molecular complexity index is 673. The van der Waals surface area contributed by atoms with Crippen molar-refractivity contribution in [3.8, 4) is 0 Å². The Labute approximate surface area is 151 Å². The third-order valence-electron chi connectivity index (χ3n) is 4.81. The van der Waals surface area contributed by atoms with Crippen molar-refractivity contribution < 1.29 is 4.79 Å². The minimum Gasteiger partial charge on any atom is -0.349 e. The van der Waals surface area contributed by atoms with Crippen molar-refractivity contribution in [1.82, 2.24) is 9.88 Å². The van der Waals surface area contributed by atoms with Gasteiger partial charge in [-0.15, -0.1) is 11.3 Å². The van der Waals surface area contributed by atoms with Crippen LogP contribution >= 0.6 is 22.7 Å². The number of hydrogen-bond acceptors (Lipinski definition) is 6. The van der Waals surface area contributed by atoms with E-state index in [1.165, 1.54) is 11.3 Å². The second-order valence-electron chi connectivity index (χ2n) is 6.46. The zero-order chi connectivity index (χ0) is 17.3. The lowest BCUT2D eigenvalue weighted by Crippen LogP contribution is -2.44. The predicted octanol–water partition coefficient (Wildman–Crippen LogP) is 3.40. The van der Waals surface area contributed by atoms with Crippen LogP contribution in [0, 0.1) is 5.92 Å². The zero-order valence-corrected chi connectivity index (χ0v) is 16.3. The van der Waals surface area contributed by atoms with Crippen LogP contribution in [0.4, 0.5) is 5.13 Å². The highest BCUT2D eigenvalue weighted by Gasteiger charge is 2.27. The molecule has 1 amide bonds. The number of likely N-dealkylation sites (tertiary alicyclic amines) is 1. The average molecular weight is 367 g/mol. The summed E-state index contributed by atoms with van der Waals surface area (Å²) in [6, 6.07) is 2.16. The fourth-order valence-electron chi connectivity index (χ4n) is 3.24. The lowest BCUT2D eigenvalue weighted by atomic mass is 9.92. The molecule has 1 fully saturated rings. The summed E-state index contributed by atoms with van der Waals surface area (Å²) in [5.74, 6) is 0.552. The molecule has 1 aliphatic rings. The van der Waals surface area contributed by atoms with E-state index in [1.807, 2.05) is 17.9 Å². The molecule has 1 aliphatic heterocycles. The molecular formula is C17H26N4OS2. The molecule has 0 bridgehead atoms. The van der Waals surface area contributed by atoms with E-state index in [0.717, 1.165) is 58.6 Å². The fourth-order valence-corrected chi connectivity index (χ4v) is 5.54. The van der Waals surface area contributed by atoms with Crippen LogP contribution in [0.25, 0.3) is 9.53 Å². The number of thiazole rings is 1. The first-order valence-corrected chi connectivity index (χ1v) is 10.4. The van der Waals surface area contributed by atoms with Gasteiger partial charge in [-0.2, -0.15) is 0 Å². The van der Waals surface area contributed by atoms with E-state index in [0.29, 0.717) is 5.92 Å². The molecule has 2 aromatic rings. The van der Waals surface area contributed by atoms with Crippen LogP contribution in [-0.2, 0) is 0 Å². The van der Waals surface area contributed by atoms with Crippen LogP contribution in [-0.4, -0.2) is 48.0 Å². The number of nitrogens with zero attached hydrogens (tertiary/aromatic N) is 3. The number of carbonyl (C=O) groups excluding carboxylic acids is 1. The highest BCUT2D eigenvalue weighted by molar-refractivity contribution is 7.29. The molecule has 1 saturated heterocycles. The summed E-state index contributed by atoms with van der Waals surface area (Å²) in [5.41, 5.74) is 6.04. The first kappa shape index (κ1) is 17.6. The molecule has 2 aromatic heterocycles. The molecule has 2 unspecified atom stereocenters. The summed E-state index contributed by atoms with van der Waals surface area (Å²) < 4.78 is 1.12. The normalized spacial score (nSPS) is 19.7. The molecule has 0 radical (unpaired) electrons. The van der Waals surface area contributed by atoms with E-state index in [2.05, 4.69) is 18.7 Å². The maximum Gasteiger partial charge on any atom is 0.264 e. The van der Waals surface area contributed by atoms with Gasteiger partial charge in [0.15, 0.2) is 5.13 Å². The molecule has 7 heteroatoms. The smallest absolute Gasteiger partial charge is 0.264 e. The first-order valence-electron chi connectivity index (χ1n) is 8.73.